The van der Waals surface area contributed by atoms with Crippen LogP contribution in [0, 0.1) is 11.6 Å². The second kappa shape index (κ2) is 4.33. The lowest BCUT2D eigenvalue weighted by Crippen LogP contribution is -2.41. The third kappa shape index (κ3) is 2.24. The second-order valence-corrected chi connectivity index (χ2v) is 6.31. The van der Waals surface area contributed by atoms with Gasteiger partial charge in [-0.3, -0.25) is 0 Å². The van der Waals surface area contributed by atoms with Gasteiger partial charge in [0.25, 0.3) is 0 Å². The molecule has 1 N–H and O–H groups in total. The van der Waals surface area contributed by atoms with E-state index in [1.54, 1.807) is 0 Å². The maximum Gasteiger partial charge on any atom is 0.500 e. The van der Waals surface area contributed by atoms with E-state index in [1.807, 2.05) is 34.6 Å². The van der Waals surface area contributed by atoms with E-state index in [9.17, 15) is 0 Å². The topological polar surface area (TPSA) is 47.1 Å². The predicted octanol–water partition coefficient (Wildman–Crippen LogP) is 2.04. The minimum Gasteiger partial charge on any atom is -0.399 e. The molecule has 0 radical (unpaired) electrons. The summed E-state index contributed by atoms with van der Waals surface area (Å²) in [5, 5.41) is 0.551. The minimum absolute atomic E-state index is 0.398. The normalized spacial score (nSPS) is 21.3. The fraction of sp³-hybridized carbons (Fsp3) is 0.636. The fourth-order valence-electron chi connectivity index (χ4n) is 1.75. The molecule has 0 unspecified atom stereocenters. The highest BCUT2D eigenvalue weighted by molar-refractivity contribution is 7.80. The molecule has 0 aliphatic carbocycles. The molecule has 0 spiro atoms. The lowest BCUT2D eigenvalue weighted by Gasteiger charge is -2.32. The molecule has 1 fully saturated rings. The highest BCUT2D eigenvalue weighted by atomic mass is 32.1. The summed E-state index contributed by atoms with van der Waals surface area (Å²) in [6.45, 7) is 9.84. The molecule has 2 rings (SSSR count). The van der Waals surface area contributed by atoms with Crippen molar-refractivity contribution in [2.75, 3.05) is 0 Å². The van der Waals surface area contributed by atoms with Crippen molar-refractivity contribution in [3.05, 3.63) is 10.5 Å². The number of rotatable bonds is 1. The molecule has 1 aromatic rings. The van der Waals surface area contributed by atoms with Crippen LogP contribution < -0.4 is 5.46 Å². The fourth-order valence-corrected chi connectivity index (χ4v) is 2.54. The van der Waals surface area contributed by atoms with Gasteiger partial charge < -0.3 is 14.3 Å². The van der Waals surface area contributed by atoms with Gasteiger partial charge in [-0.1, -0.05) is 12.2 Å². The van der Waals surface area contributed by atoms with Crippen molar-refractivity contribution in [3.8, 4) is 0 Å². The number of hydrogen-bond acceptors (Lipinski definition) is 5. The third-order valence-corrected chi connectivity index (χ3v) is 4.21. The maximum absolute atomic E-state index is 5.95. The summed E-state index contributed by atoms with van der Waals surface area (Å²) in [6.07, 6.45) is 0. The summed E-state index contributed by atoms with van der Waals surface area (Å²) in [7, 11) is -0.528. The summed E-state index contributed by atoms with van der Waals surface area (Å²) >= 11 is 9.68. The summed E-state index contributed by atoms with van der Waals surface area (Å²) < 4.78 is 12.5. The van der Waals surface area contributed by atoms with Gasteiger partial charge in [0, 0.05) is 5.46 Å². The van der Waals surface area contributed by atoms with Gasteiger partial charge in [-0.15, -0.1) is 12.6 Å². The van der Waals surface area contributed by atoms with Gasteiger partial charge >= 0.3 is 7.12 Å². The Labute approximate surface area is 118 Å². The molecular weight excluding hydrogens is 267 g/mol. The highest BCUT2D eigenvalue weighted by Crippen LogP contribution is 2.36. The van der Waals surface area contributed by atoms with Crippen molar-refractivity contribution in [2.45, 2.75) is 50.8 Å². The van der Waals surface area contributed by atoms with E-state index < -0.39 is 18.3 Å². The first kappa shape index (κ1) is 14.1. The van der Waals surface area contributed by atoms with Crippen molar-refractivity contribution < 1.29 is 9.31 Å². The molecule has 0 bridgehead atoms. The number of aromatic nitrogens is 2. The van der Waals surface area contributed by atoms with Crippen LogP contribution in [0.25, 0.3) is 0 Å². The highest BCUT2D eigenvalue weighted by Gasteiger charge is 2.52. The van der Waals surface area contributed by atoms with Crippen molar-refractivity contribution >= 4 is 37.4 Å². The zero-order valence-electron chi connectivity index (χ0n) is 11.2. The van der Waals surface area contributed by atoms with Crippen molar-refractivity contribution in [1.29, 1.82) is 0 Å². The van der Waals surface area contributed by atoms with Crippen LogP contribution in [0.1, 0.15) is 33.5 Å². The Morgan fingerprint density at radius 1 is 1.22 bits per heavy atom. The van der Waals surface area contributed by atoms with E-state index in [4.69, 9.17) is 21.5 Å². The van der Waals surface area contributed by atoms with Crippen LogP contribution in [0.3, 0.4) is 0 Å². The van der Waals surface area contributed by atoms with Crippen molar-refractivity contribution in [2.24, 2.45) is 0 Å². The number of thiol groups is 1. The molecule has 7 heteroatoms. The van der Waals surface area contributed by atoms with E-state index >= 15 is 0 Å². The van der Waals surface area contributed by atoms with Gasteiger partial charge in [0.2, 0.25) is 0 Å². The molecule has 1 aliphatic rings. The van der Waals surface area contributed by atoms with E-state index in [0.717, 1.165) is 5.82 Å². The number of nitrogens with zero attached hydrogens (tertiary/aromatic N) is 1. The number of hydrogen-bond donors (Lipinski definition) is 2. The van der Waals surface area contributed by atoms with Crippen LogP contribution in [0.2, 0.25) is 0 Å². The van der Waals surface area contributed by atoms with Crippen molar-refractivity contribution in [3.63, 3.8) is 0 Å². The Morgan fingerprint density at radius 2 is 1.72 bits per heavy atom. The van der Waals surface area contributed by atoms with Gasteiger partial charge in [-0.25, -0.2) is 4.98 Å². The van der Waals surface area contributed by atoms with Gasteiger partial charge in [0.1, 0.15) is 10.5 Å². The minimum atomic E-state index is -0.528. The largest absolute Gasteiger partial charge is 0.500 e. The van der Waals surface area contributed by atoms with Crippen LogP contribution in [-0.4, -0.2) is 28.3 Å². The predicted molar refractivity (Wildman–Crippen MR) is 77.1 cm³/mol. The summed E-state index contributed by atoms with van der Waals surface area (Å²) in [5.74, 6) is 0.727. The average Bonchev–Trinajstić information content (AvgIpc) is 2.32. The molecule has 1 saturated heterocycles. The average molecular weight is 284 g/mol. The molecule has 0 saturated carbocycles. The zero-order valence-corrected chi connectivity index (χ0v) is 12.9. The van der Waals surface area contributed by atoms with Crippen LogP contribution in [-0.2, 0) is 9.31 Å². The Bertz CT molecular complexity index is 526. The maximum atomic E-state index is 5.95. The number of aryl methyl sites for hydroxylation is 1. The summed E-state index contributed by atoms with van der Waals surface area (Å²) in [5.41, 5.74) is -0.104. The molecule has 2 heterocycles. The SMILES string of the molecule is Cc1nc(S)c(B2OC(C)(C)C(C)(C)O2)c(=S)[nH]1. The smallest absolute Gasteiger partial charge is 0.399 e. The van der Waals surface area contributed by atoms with E-state index in [-0.39, 0.29) is 0 Å². The number of nitrogens with one attached hydrogen (secondary N) is 1. The first-order chi connectivity index (χ1) is 8.14. The molecule has 1 aromatic heterocycles. The van der Waals surface area contributed by atoms with Gasteiger partial charge in [0.05, 0.1) is 16.2 Å². The lowest BCUT2D eigenvalue weighted by atomic mass is 9.81. The van der Waals surface area contributed by atoms with Crippen LogP contribution in [0.5, 0.6) is 0 Å². The van der Waals surface area contributed by atoms with E-state index in [2.05, 4.69) is 22.6 Å². The molecule has 4 nitrogen and oxygen atoms in total. The lowest BCUT2D eigenvalue weighted by molar-refractivity contribution is 0.00578. The Morgan fingerprint density at radius 3 is 2.17 bits per heavy atom. The Kier molecular flexibility index (Phi) is 3.38. The van der Waals surface area contributed by atoms with Crippen LogP contribution in [0.15, 0.2) is 5.03 Å². The third-order valence-electron chi connectivity index (χ3n) is 3.54. The molecule has 0 atom stereocenters. The summed E-state index contributed by atoms with van der Waals surface area (Å²) in [6, 6.07) is 0. The van der Waals surface area contributed by atoms with E-state index in [1.165, 1.54) is 0 Å². The second-order valence-electron chi connectivity index (χ2n) is 5.48. The first-order valence-electron chi connectivity index (χ1n) is 5.79. The van der Waals surface area contributed by atoms with Crippen LogP contribution >= 0.6 is 24.8 Å². The standard InChI is InChI=1S/C11H17BN2O2S2/c1-6-13-8(17)7(9(18)14-6)12-15-10(2,3)11(4,5)16-12/h1-5H3,(H2,13,14,17,18). The summed E-state index contributed by atoms with van der Waals surface area (Å²) in [4.78, 5) is 7.26. The van der Waals surface area contributed by atoms with Gasteiger partial charge in [-0.2, -0.15) is 0 Å². The monoisotopic (exact) mass is 284 g/mol. The molecule has 98 valence electrons. The number of aromatic amines is 1. The zero-order chi connectivity index (χ0) is 13.7. The molecule has 0 amide bonds. The molecule has 18 heavy (non-hydrogen) atoms. The molecule has 0 aromatic carbocycles. The quantitative estimate of drug-likeness (QED) is 0.358. The first-order valence-corrected chi connectivity index (χ1v) is 6.65. The van der Waals surface area contributed by atoms with E-state index in [0.29, 0.717) is 15.1 Å². The van der Waals surface area contributed by atoms with Gasteiger partial charge in [-0.05, 0) is 34.6 Å². The number of H-pyrrole nitrogens is 1. The Balaban J connectivity index is 2.45. The molecular formula is C11H17BN2O2S2. The molecule has 1 aliphatic heterocycles. The van der Waals surface area contributed by atoms with Crippen LogP contribution in [0.4, 0.5) is 0 Å². The van der Waals surface area contributed by atoms with Gasteiger partial charge in [0.15, 0.2) is 0 Å². The van der Waals surface area contributed by atoms with Crippen molar-refractivity contribution in [1.82, 2.24) is 9.97 Å². The Hall–Kier alpha value is -0.365.